The SMILES string of the molecule is Cc1ccc(-c2[c-]c(-c3cc(C(C)(C)C)cc4cccnc34)cc(-c3ccccc3)c2)c2nc(-c3cc(C(C)(C)C)ccc3O)n(-c3ccc4ccccc4c3)c12.[Pt]. The van der Waals surface area contributed by atoms with E-state index in [1.165, 1.54) is 10.9 Å². The second-order valence-corrected chi connectivity index (χ2v) is 17.3. The molecule has 0 amide bonds. The van der Waals surface area contributed by atoms with E-state index in [1.807, 2.05) is 18.3 Å². The Kier molecular flexibility index (Phi) is 9.98. The summed E-state index contributed by atoms with van der Waals surface area (Å²) in [5.41, 5.74) is 13.8. The Balaban J connectivity index is 0.00000469. The van der Waals surface area contributed by atoms with Crippen molar-refractivity contribution >= 4 is 32.7 Å². The van der Waals surface area contributed by atoms with Crippen molar-refractivity contribution in [3.05, 3.63) is 168 Å². The summed E-state index contributed by atoms with van der Waals surface area (Å²) in [7, 11) is 0. The van der Waals surface area contributed by atoms with Gasteiger partial charge >= 0.3 is 0 Å². The third-order valence-corrected chi connectivity index (χ3v) is 11.2. The molecule has 2 heterocycles. The van der Waals surface area contributed by atoms with Gasteiger partial charge in [-0.2, -0.15) is 0 Å². The standard InChI is InChI=1S/C53H46N3O.Pt/c1-33-19-23-44(39-26-38(34-14-9-8-10-15-34)27-40(28-39)45-32-42(53(5,6)7)29-37-18-13-25-54-48(37)45)49-50(33)56(43-22-20-35-16-11-12-17-36(35)30-43)51(55-49)46-31-41(52(2,3)4)21-24-47(46)57;/h8-27,29-32,57H,1-7H3;/q-1;. The molecule has 9 rings (SSSR count). The Labute approximate surface area is 355 Å². The van der Waals surface area contributed by atoms with Crippen LogP contribution < -0.4 is 0 Å². The van der Waals surface area contributed by atoms with Crippen LogP contribution in [-0.4, -0.2) is 19.6 Å². The normalized spacial score (nSPS) is 12.0. The fourth-order valence-electron chi connectivity index (χ4n) is 7.97. The topological polar surface area (TPSA) is 50.9 Å². The van der Waals surface area contributed by atoms with Gasteiger partial charge < -0.3 is 5.11 Å². The molecule has 7 aromatic carbocycles. The summed E-state index contributed by atoms with van der Waals surface area (Å²) in [6.07, 6.45) is 1.87. The third kappa shape index (κ3) is 7.05. The summed E-state index contributed by atoms with van der Waals surface area (Å²) < 4.78 is 2.23. The number of pyridine rings is 1. The van der Waals surface area contributed by atoms with Crippen LogP contribution in [-0.2, 0) is 31.9 Å². The third-order valence-electron chi connectivity index (χ3n) is 11.2. The van der Waals surface area contributed by atoms with Gasteiger partial charge in [-0.15, -0.1) is 29.3 Å². The molecule has 0 aliphatic heterocycles. The Morgan fingerprint density at radius 1 is 0.552 bits per heavy atom. The monoisotopic (exact) mass is 935 g/mol. The van der Waals surface area contributed by atoms with Crippen LogP contribution >= 0.6 is 0 Å². The van der Waals surface area contributed by atoms with Crippen LogP contribution in [0.15, 0.2) is 146 Å². The van der Waals surface area contributed by atoms with Gasteiger partial charge in [0, 0.05) is 38.5 Å². The van der Waals surface area contributed by atoms with Crippen molar-refractivity contribution < 1.29 is 26.2 Å². The van der Waals surface area contributed by atoms with E-state index in [0.29, 0.717) is 11.4 Å². The number of rotatable bonds is 5. The fraction of sp³-hybridized carbons (Fsp3) is 0.170. The molecule has 9 aromatic rings. The first-order valence-electron chi connectivity index (χ1n) is 19.7. The fourth-order valence-corrected chi connectivity index (χ4v) is 7.97. The Hall–Kier alpha value is -5.83. The molecule has 0 bridgehead atoms. The zero-order valence-corrected chi connectivity index (χ0v) is 36.2. The van der Waals surface area contributed by atoms with Crippen molar-refractivity contribution in [2.24, 2.45) is 0 Å². The molecule has 0 aliphatic rings. The van der Waals surface area contributed by atoms with Crippen molar-refractivity contribution in [3.8, 4) is 56.2 Å². The molecule has 0 radical (unpaired) electrons. The van der Waals surface area contributed by atoms with E-state index < -0.39 is 0 Å². The van der Waals surface area contributed by atoms with Crippen LogP contribution in [0.3, 0.4) is 0 Å². The number of nitrogens with zero attached hydrogens (tertiary/aromatic N) is 3. The van der Waals surface area contributed by atoms with Gasteiger partial charge in [-0.1, -0.05) is 155 Å². The van der Waals surface area contributed by atoms with Crippen molar-refractivity contribution in [3.63, 3.8) is 0 Å². The van der Waals surface area contributed by atoms with Crippen LogP contribution in [0.4, 0.5) is 0 Å². The molecule has 0 aliphatic carbocycles. The minimum absolute atomic E-state index is 0. The number of aromatic hydroxyl groups is 1. The van der Waals surface area contributed by atoms with Crippen LogP contribution in [0.25, 0.3) is 83.2 Å². The second kappa shape index (κ2) is 14.8. The second-order valence-electron chi connectivity index (χ2n) is 17.3. The Bertz CT molecular complexity index is 3000. The van der Waals surface area contributed by atoms with Gasteiger partial charge in [0.25, 0.3) is 0 Å². The van der Waals surface area contributed by atoms with E-state index in [1.54, 1.807) is 6.07 Å². The van der Waals surface area contributed by atoms with E-state index in [9.17, 15) is 5.11 Å². The van der Waals surface area contributed by atoms with E-state index in [2.05, 4.69) is 180 Å². The molecule has 0 saturated heterocycles. The smallest absolute Gasteiger partial charge is 0.148 e. The van der Waals surface area contributed by atoms with Gasteiger partial charge in [-0.05, 0) is 86.5 Å². The van der Waals surface area contributed by atoms with Crippen molar-refractivity contribution in [1.82, 2.24) is 14.5 Å². The molecule has 5 heteroatoms. The summed E-state index contributed by atoms with van der Waals surface area (Å²) in [5.74, 6) is 0.879. The van der Waals surface area contributed by atoms with E-state index in [0.717, 1.165) is 77.5 Å². The molecule has 290 valence electrons. The van der Waals surface area contributed by atoms with Crippen molar-refractivity contribution in [2.45, 2.75) is 59.3 Å². The van der Waals surface area contributed by atoms with E-state index in [-0.39, 0.29) is 37.6 Å². The summed E-state index contributed by atoms with van der Waals surface area (Å²) >= 11 is 0. The maximum atomic E-state index is 11.6. The zero-order chi connectivity index (χ0) is 39.6. The molecule has 0 fully saturated rings. The predicted molar refractivity (Wildman–Crippen MR) is 238 cm³/mol. The molecular weight excluding hydrogens is 890 g/mol. The predicted octanol–water partition coefficient (Wildman–Crippen LogP) is 13.8. The quantitative estimate of drug-likeness (QED) is 0.175. The minimum atomic E-state index is -0.129. The Morgan fingerprint density at radius 3 is 1.97 bits per heavy atom. The zero-order valence-electron chi connectivity index (χ0n) is 34.0. The summed E-state index contributed by atoms with van der Waals surface area (Å²) in [4.78, 5) is 10.5. The van der Waals surface area contributed by atoms with E-state index >= 15 is 0 Å². The first-order chi connectivity index (χ1) is 27.3. The van der Waals surface area contributed by atoms with Gasteiger partial charge in [0.15, 0.2) is 0 Å². The molecule has 1 N–H and O–H groups in total. The largest absolute Gasteiger partial charge is 0.507 e. The number of hydrogen-bond donors (Lipinski definition) is 1. The number of imidazole rings is 1. The van der Waals surface area contributed by atoms with Crippen molar-refractivity contribution in [2.75, 3.05) is 0 Å². The maximum absolute atomic E-state index is 11.6. The molecule has 4 nitrogen and oxygen atoms in total. The van der Waals surface area contributed by atoms with E-state index in [4.69, 9.17) is 9.97 Å². The average Bonchev–Trinajstić information content (AvgIpc) is 3.61. The number of phenolic OH excluding ortho intramolecular Hbond substituents is 1. The van der Waals surface area contributed by atoms with Gasteiger partial charge in [-0.25, -0.2) is 4.98 Å². The molecule has 58 heavy (non-hydrogen) atoms. The van der Waals surface area contributed by atoms with Crippen LogP contribution in [0.2, 0.25) is 0 Å². The first-order valence-corrected chi connectivity index (χ1v) is 19.7. The molecule has 0 saturated carbocycles. The molecule has 0 spiro atoms. The molecule has 0 atom stereocenters. The van der Waals surface area contributed by atoms with Gasteiger partial charge in [0.1, 0.15) is 11.6 Å². The maximum Gasteiger partial charge on any atom is 0.148 e. The average molecular weight is 936 g/mol. The minimum Gasteiger partial charge on any atom is -0.507 e. The number of aromatic nitrogens is 3. The number of aryl methyl sites for hydroxylation is 1. The molecular formula is C53H46N3OPt-. The Morgan fingerprint density at radius 2 is 1.22 bits per heavy atom. The number of benzene rings is 7. The number of hydrogen-bond acceptors (Lipinski definition) is 3. The first kappa shape index (κ1) is 39.0. The number of fused-ring (bicyclic) bond motifs is 3. The van der Waals surface area contributed by atoms with Crippen LogP contribution in [0, 0.1) is 13.0 Å². The summed E-state index contributed by atoms with van der Waals surface area (Å²) in [5, 5.41) is 15.0. The summed E-state index contributed by atoms with van der Waals surface area (Å²) in [6, 6.07) is 52.9. The van der Waals surface area contributed by atoms with Crippen LogP contribution in [0.5, 0.6) is 5.75 Å². The van der Waals surface area contributed by atoms with Crippen LogP contribution in [0.1, 0.15) is 58.2 Å². The summed E-state index contributed by atoms with van der Waals surface area (Å²) in [6.45, 7) is 15.5. The van der Waals surface area contributed by atoms with Gasteiger partial charge in [0.2, 0.25) is 0 Å². The number of phenols is 1. The molecule has 2 aromatic heterocycles. The van der Waals surface area contributed by atoms with Crippen molar-refractivity contribution in [1.29, 1.82) is 0 Å². The van der Waals surface area contributed by atoms with Gasteiger partial charge in [0.05, 0.1) is 16.6 Å². The molecule has 0 unspecified atom stereocenters. The van der Waals surface area contributed by atoms with Gasteiger partial charge in [-0.3, -0.25) is 9.55 Å².